The second-order valence-corrected chi connectivity index (χ2v) is 8.47. The molecule has 30 heavy (non-hydrogen) atoms. The number of likely N-dealkylation sites (N-methyl/N-ethyl adjacent to an activating group) is 1. The first-order chi connectivity index (χ1) is 14.5. The van der Waals surface area contributed by atoms with Crippen LogP contribution in [-0.2, 0) is 20.1 Å². The monoisotopic (exact) mass is 404 g/mol. The van der Waals surface area contributed by atoms with Crippen molar-refractivity contribution in [2.24, 2.45) is 7.05 Å². The van der Waals surface area contributed by atoms with Crippen LogP contribution in [0, 0.1) is 6.92 Å². The van der Waals surface area contributed by atoms with Gasteiger partial charge in [0.15, 0.2) is 0 Å². The molecule has 1 saturated heterocycles. The van der Waals surface area contributed by atoms with Gasteiger partial charge in [-0.25, -0.2) is 4.68 Å². The maximum Gasteiger partial charge on any atom is 0.276 e. The van der Waals surface area contributed by atoms with E-state index in [0.717, 1.165) is 36.6 Å². The van der Waals surface area contributed by atoms with Crippen molar-refractivity contribution in [3.05, 3.63) is 87.8 Å². The number of benzene rings is 2. The molecule has 1 aliphatic heterocycles. The molecule has 1 fully saturated rings. The van der Waals surface area contributed by atoms with Gasteiger partial charge in [0.1, 0.15) is 0 Å². The molecule has 1 aromatic heterocycles. The molecule has 5 heteroatoms. The topological polar surface area (TPSA) is 33.4 Å². The highest BCUT2D eigenvalue weighted by Crippen LogP contribution is 2.20. The molecule has 1 atom stereocenters. The van der Waals surface area contributed by atoms with E-state index in [1.807, 2.05) is 42.1 Å². The summed E-state index contributed by atoms with van der Waals surface area (Å²) in [5.74, 6) is 0. The minimum atomic E-state index is 0.0981. The van der Waals surface area contributed by atoms with Crippen molar-refractivity contribution in [1.29, 1.82) is 0 Å². The van der Waals surface area contributed by atoms with Crippen LogP contribution in [-0.4, -0.2) is 45.3 Å². The SMILES string of the molecule is Cc1c(CN2CCC[C@@H](N(C)Cc3ccccc3)C2)c(=O)n(-c2ccccc2)n1C. The highest BCUT2D eigenvalue weighted by Gasteiger charge is 2.26. The van der Waals surface area contributed by atoms with E-state index >= 15 is 0 Å². The van der Waals surface area contributed by atoms with Crippen molar-refractivity contribution >= 4 is 0 Å². The summed E-state index contributed by atoms with van der Waals surface area (Å²) >= 11 is 0. The second kappa shape index (κ2) is 9.02. The molecule has 158 valence electrons. The van der Waals surface area contributed by atoms with Crippen LogP contribution >= 0.6 is 0 Å². The molecule has 1 aliphatic rings. The van der Waals surface area contributed by atoms with Crippen molar-refractivity contribution < 1.29 is 0 Å². The van der Waals surface area contributed by atoms with Gasteiger partial charge in [0.05, 0.1) is 11.3 Å². The van der Waals surface area contributed by atoms with Gasteiger partial charge >= 0.3 is 0 Å². The smallest absolute Gasteiger partial charge is 0.276 e. The van der Waals surface area contributed by atoms with E-state index in [2.05, 4.69) is 54.1 Å². The van der Waals surface area contributed by atoms with E-state index in [0.29, 0.717) is 12.6 Å². The first-order valence-electron chi connectivity index (χ1n) is 10.8. The Labute approximate surface area is 179 Å². The van der Waals surface area contributed by atoms with E-state index in [-0.39, 0.29) is 5.56 Å². The molecule has 0 amide bonds. The number of piperidine rings is 1. The van der Waals surface area contributed by atoms with Gasteiger partial charge in [-0.3, -0.25) is 19.3 Å². The number of para-hydroxylation sites is 1. The Bertz CT molecular complexity index is 1020. The molecule has 2 heterocycles. The molecule has 4 rings (SSSR count). The van der Waals surface area contributed by atoms with Crippen molar-refractivity contribution in [3.8, 4) is 5.69 Å². The minimum absolute atomic E-state index is 0.0981. The second-order valence-electron chi connectivity index (χ2n) is 8.47. The lowest BCUT2D eigenvalue weighted by molar-refractivity contribution is 0.107. The largest absolute Gasteiger partial charge is 0.298 e. The summed E-state index contributed by atoms with van der Waals surface area (Å²) in [5, 5.41) is 0. The molecular formula is C25H32N4O. The van der Waals surface area contributed by atoms with Crippen LogP contribution in [0.5, 0.6) is 0 Å². The van der Waals surface area contributed by atoms with Crippen LogP contribution in [0.3, 0.4) is 0 Å². The third-order valence-corrected chi connectivity index (χ3v) is 6.43. The lowest BCUT2D eigenvalue weighted by Crippen LogP contribution is -2.46. The molecule has 2 aromatic carbocycles. The summed E-state index contributed by atoms with van der Waals surface area (Å²) in [4.78, 5) is 18.2. The zero-order valence-electron chi connectivity index (χ0n) is 18.3. The van der Waals surface area contributed by atoms with E-state index in [4.69, 9.17) is 0 Å². The Morgan fingerprint density at radius 3 is 2.40 bits per heavy atom. The quantitative estimate of drug-likeness (QED) is 0.630. The maximum absolute atomic E-state index is 13.2. The average Bonchev–Trinajstić information content (AvgIpc) is 2.98. The third kappa shape index (κ3) is 4.27. The van der Waals surface area contributed by atoms with Crippen LogP contribution in [0.2, 0.25) is 0 Å². The van der Waals surface area contributed by atoms with Crippen LogP contribution in [0.25, 0.3) is 5.69 Å². The Morgan fingerprint density at radius 2 is 1.70 bits per heavy atom. The van der Waals surface area contributed by atoms with Crippen LogP contribution in [0.1, 0.15) is 29.7 Å². The van der Waals surface area contributed by atoms with Gasteiger partial charge < -0.3 is 0 Å². The molecule has 0 N–H and O–H groups in total. The third-order valence-electron chi connectivity index (χ3n) is 6.43. The molecule has 0 spiro atoms. The van der Waals surface area contributed by atoms with Gasteiger partial charge in [-0.1, -0.05) is 48.5 Å². The molecule has 0 saturated carbocycles. The first-order valence-corrected chi connectivity index (χ1v) is 10.8. The first kappa shape index (κ1) is 20.6. The number of nitrogens with zero attached hydrogens (tertiary/aromatic N) is 4. The van der Waals surface area contributed by atoms with Crippen molar-refractivity contribution in [2.75, 3.05) is 20.1 Å². The zero-order chi connectivity index (χ0) is 21.1. The fraction of sp³-hybridized carbons (Fsp3) is 0.400. The van der Waals surface area contributed by atoms with Gasteiger partial charge in [-0.2, -0.15) is 0 Å². The number of aromatic nitrogens is 2. The fourth-order valence-corrected chi connectivity index (χ4v) is 4.56. The standard InChI is InChI=1S/C25H32N4O/c1-20-24(25(30)29(27(20)3)22-13-8-5-9-14-22)19-28-16-10-15-23(18-28)26(2)17-21-11-6-4-7-12-21/h4-9,11-14,23H,10,15-19H2,1-3H3/t23-/m1/s1. The van der Waals surface area contributed by atoms with Crippen LogP contribution < -0.4 is 5.56 Å². The molecule has 0 aliphatic carbocycles. The Kier molecular flexibility index (Phi) is 6.21. The van der Waals surface area contributed by atoms with E-state index < -0.39 is 0 Å². The predicted molar refractivity (Wildman–Crippen MR) is 122 cm³/mol. The molecular weight excluding hydrogens is 372 g/mol. The van der Waals surface area contributed by atoms with Crippen molar-refractivity contribution in [2.45, 2.75) is 38.9 Å². The lowest BCUT2D eigenvalue weighted by atomic mass is 10.0. The average molecular weight is 405 g/mol. The molecule has 0 unspecified atom stereocenters. The molecule has 5 nitrogen and oxygen atoms in total. The highest BCUT2D eigenvalue weighted by atomic mass is 16.1. The molecule has 3 aromatic rings. The number of hydrogen-bond acceptors (Lipinski definition) is 3. The van der Waals surface area contributed by atoms with E-state index in [1.165, 1.54) is 18.4 Å². The van der Waals surface area contributed by atoms with Gasteiger partial charge in [0.2, 0.25) is 0 Å². The Balaban J connectivity index is 1.49. The summed E-state index contributed by atoms with van der Waals surface area (Å²) in [6.45, 7) is 5.79. The fourth-order valence-electron chi connectivity index (χ4n) is 4.56. The minimum Gasteiger partial charge on any atom is -0.298 e. The zero-order valence-corrected chi connectivity index (χ0v) is 18.3. The summed E-state index contributed by atoms with van der Waals surface area (Å²) in [5.41, 5.74) is 4.32. The summed E-state index contributed by atoms with van der Waals surface area (Å²) in [6.07, 6.45) is 2.38. The lowest BCUT2D eigenvalue weighted by Gasteiger charge is -2.37. The number of hydrogen-bond donors (Lipinski definition) is 0. The normalized spacial score (nSPS) is 17.5. The number of rotatable bonds is 6. The van der Waals surface area contributed by atoms with Gasteiger partial charge in [0.25, 0.3) is 5.56 Å². The summed E-state index contributed by atoms with van der Waals surface area (Å²) < 4.78 is 3.77. The van der Waals surface area contributed by atoms with Crippen molar-refractivity contribution in [1.82, 2.24) is 19.2 Å². The predicted octanol–water partition coefficient (Wildman–Crippen LogP) is 3.58. The Hall–Kier alpha value is -2.63. The van der Waals surface area contributed by atoms with Gasteiger partial charge in [-0.05, 0) is 51.1 Å². The molecule has 0 bridgehead atoms. The van der Waals surface area contributed by atoms with Crippen molar-refractivity contribution in [3.63, 3.8) is 0 Å². The Morgan fingerprint density at radius 1 is 1.03 bits per heavy atom. The summed E-state index contributed by atoms with van der Waals surface area (Å²) in [7, 11) is 4.19. The van der Waals surface area contributed by atoms with Crippen LogP contribution in [0.15, 0.2) is 65.5 Å². The van der Waals surface area contributed by atoms with Crippen LogP contribution in [0.4, 0.5) is 0 Å². The van der Waals surface area contributed by atoms with Gasteiger partial charge in [-0.15, -0.1) is 0 Å². The highest BCUT2D eigenvalue weighted by molar-refractivity contribution is 5.33. The summed E-state index contributed by atoms with van der Waals surface area (Å²) in [6, 6.07) is 21.1. The number of likely N-dealkylation sites (tertiary alicyclic amines) is 1. The maximum atomic E-state index is 13.2. The van der Waals surface area contributed by atoms with E-state index in [1.54, 1.807) is 4.68 Å². The van der Waals surface area contributed by atoms with E-state index in [9.17, 15) is 4.79 Å². The molecule has 0 radical (unpaired) electrons. The van der Waals surface area contributed by atoms with Gasteiger partial charge in [0, 0.05) is 38.4 Å².